The molecule has 0 atom stereocenters. The minimum atomic E-state index is 0.439. The average molecular weight is 331 g/mol. The molecule has 0 aliphatic carbocycles. The van der Waals surface area contributed by atoms with Gasteiger partial charge in [0.15, 0.2) is 0 Å². The van der Waals surface area contributed by atoms with E-state index in [-0.39, 0.29) is 0 Å². The highest BCUT2D eigenvalue weighted by Crippen LogP contribution is 2.27. The average Bonchev–Trinajstić information content (AvgIpc) is 2.92. The third kappa shape index (κ3) is 2.30. The summed E-state index contributed by atoms with van der Waals surface area (Å²) in [4.78, 5) is 8.61. The number of nitrogens with zero attached hydrogens (tertiary/aromatic N) is 3. The van der Waals surface area contributed by atoms with Gasteiger partial charge in [-0.05, 0) is 52.7 Å². The number of rotatable bonds is 2. The largest absolute Gasteiger partial charge is 0.398 e. The number of aromatic nitrogens is 3. The van der Waals surface area contributed by atoms with Gasteiger partial charge in [0, 0.05) is 21.9 Å². The molecule has 2 aromatic heterocycles. The summed E-state index contributed by atoms with van der Waals surface area (Å²) >= 11 is 3.34. The highest BCUT2D eigenvalue weighted by Gasteiger charge is 2.14. The van der Waals surface area contributed by atoms with Crippen LogP contribution in [0.5, 0.6) is 0 Å². The molecule has 0 unspecified atom stereocenters. The Labute approximate surface area is 124 Å². The molecule has 0 saturated carbocycles. The maximum atomic E-state index is 5.89. The summed E-state index contributed by atoms with van der Waals surface area (Å²) in [5, 5.41) is 3.96. The summed E-state index contributed by atoms with van der Waals surface area (Å²) in [6.45, 7) is 1.92. The zero-order valence-electron chi connectivity index (χ0n) is 10.7. The van der Waals surface area contributed by atoms with Gasteiger partial charge in [0.25, 0.3) is 5.89 Å². The number of pyridine rings is 1. The van der Waals surface area contributed by atoms with Gasteiger partial charge in [-0.25, -0.2) is 0 Å². The lowest BCUT2D eigenvalue weighted by molar-refractivity contribution is 0.432. The number of anilines is 1. The molecule has 1 aromatic carbocycles. The molecule has 0 aliphatic rings. The Morgan fingerprint density at radius 1 is 1.20 bits per heavy atom. The molecule has 0 saturated heterocycles. The molecule has 3 aromatic rings. The first-order chi connectivity index (χ1) is 9.65. The third-order valence-corrected chi connectivity index (χ3v) is 3.46. The molecule has 6 heteroatoms. The van der Waals surface area contributed by atoms with E-state index < -0.39 is 0 Å². The summed E-state index contributed by atoms with van der Waals surface area (Å²) in [7, 11) is 0. The number of nitrogen functional groups attached to an aromatic ring is 1. The molecule has 5 nitrogen and oxygen atoms in total. The first-order valence-corrected chi connectivity index (χ1v) is 6.75. The predicted octanol–water partition coefficient (Wildman–Crippen LogP) is 3.45. The Balaban J connectivity index is 2.02. The van der Waals surface area contributed by atoms with Crippen molar-refractivity contribution in [3.05, 3.63) is 46.6 Å². The summed E-state index contributed by atoms with van der Waals surface area (Å²) < 4.78 is 6.20. The predicted molar refractivity (Wildman–Crippen MR) is 79.8 cm³/mol. The van der Waals surface area contributed by atoms with E-state index in [1.807, 2.05) is 37.3 Å². The molecule has 0 radical (unpaired) electrons. The minimum Gasteiger partial charge on any atom is -0.398 e. The second kappa shape index (κ2) is 5.05. The number of halogens is 1. The maximum Gasteiger partial charge on any atom is 0.258 e. The normalized spacial score (nSPS) is 10.7. The molecule has 0 aliphatic heterocycles. The molecular weight excluding hydrogens is 320 g/mol. The van der Waals surface area contributed by atoms with Crippen molar-refractivity contribution in [3.63, 3.8) is 0 Å². The van der Waals surface area contributed by atoms with Crippen LogP contribution in [0, 0.1) is 6.92 Å². The number of hydrogen-bond acceptors (Lipinski definition) is 5. The fourth-order valence-corrected chi connectivity index (χ4v) is 2.06. The van der Waals surface area contributed by atoms with Crippen molar-refractivity contribution < 1.29 is 4.52 Å². The van der Waals surface area contributed by atoms with Crippen molar-refractivity contribution in [1.29, 1.82) is 0 Å². The maximum absolute atomic E-state index is 5.89. The van der Waals surface area contributed by atoms with Gasteiger partial charge in [0.2, 0.25) is 5.82 Å². The number of nitrogens with two attached hydrogens (primary N) is 1. The van der Waals surface area contributed by atoms with Gasteiger partial charge < -0.3 is 10.3 Å². The van der Waals surface area contributed by atoms with Crippen LogP contribution in [0.1, 0.15) is 5.56 Å². The van der Waals surface area contributed by atoms with Gasteiger partial charge in [-0.2, -0.15) is 4.98 Å². The Morgan fingerprint density at radius 2 is 2.05 bits per heavy atom. The van der Waals surface area contributed by atoms with Crippen molar-refractivity contribution in [2.45, 2.75) is 6.92 Å². The highest BCUT2D eigenvalue weighted by molar-refractivity contribution is 9.10. The molecule has 20 heavy (non-hydrogen) atoms. The molecule has 2 heterocycles. The van der Waals surface area contributed by atoms with E-state index in [9.17, 15) is 0 Å². The van der Waals surface area contributed by atoms with Gasteiger partial charge >= 0.3 is 0 Å². The van der Waals surface area contributed by atoms with E-state index in [4.69, 9.17) is 10.3 Å². The quantitative estimate of drug-likeness (QED) is 0.728. The van der Waals surface area contributed by atoms with Crippen LogP contribution in [-0.4, -0.2) is 15.1 Å². The fourth-order valence-electron chi connectivity index (χ4n) is 1.83. The lowest BCUT2D eigenvalue weighted by Crippen LogP contribution is -1.92. The van der Waals surface area contributed by atoms with Crippen molar-refractivity contribution in [2.75, 3.05) is 5.73 Å². The number of hydrogen-bond donors (Lipinski definition) is 1. The van der Waals surface area contributed by atoms with E-state index in [0.29, 0.717) is 23.1 Å². The second-order valence-electron chi connectivity index (χ2n) is 4.30. The molecule has 0 spiro atoms. The topological polar surface area (TPSA) is 77.8 Å². The summed E-state index contributed by atoms with van der Waals surface area (Å²) in [6, 6.07) is 9.30. The third-order valence-electron chi connectivity index (χ3n) is 2.99. The summed E-state index contributed by atoms with van der Waals surface area (Å²) in [5.41, 5.74) is 9.00. The van der Waals surface area contributed by atoms with Crippen molar-refractivity contribution in [2.24, 2.45) is 0 Å². The standard InChI is InChI=1S/C14H11BrN4O/c1-8-10(3-2-4-11(8)16)14-18-13(19-20-14)12-6-5-9(15)7-17-12/h2-7H,16H2,1H3. The van der Waals surface area contributed by atoms with E-state index >= 15 is 0 Å². The van der Waals surface area contributed by atoms with Gasteiger partial charge in [-0.1, -0.05) is 11.2 Å². The van der Waals surface area contributed by atoms with E-state index in [1.165, 1.54) is 0 Å². The Bertz CT molecular complexity index is 752. The van der Waals surface area contributed by atoms with E-state index in [1.54, 1.807) is 6.20 Å². The Morgan fingerprint density at radius 3 is 2.80 bits per heavy atom. The van der Waals surface area contributed by atoms with Crippen LogP contribution in [0.15, 0.2) is 45.5 Å². The molecule has 0 amide bonds. The molecule has 0 fully saturated rings. The van der Waals surface area contributed by atoms with Gasteiger partial charge in [-0.3, -0.25) is 4.98 Å². The molecule has 100 valence electrons. The minimum absolute atomic E-state index is 0.439. The van der Waals surface area contributed by atoms with Crippen molar-refractivity contribution in [3.8, 4) is 23.0 Å². The monoisotopic (exact) mass is 330 g/mol. The van der Waals surface area contributed by atoms with Gasteiger partial charge in [0.1, 0.15) is 5.69 Å². The molecule has 3 rings (SSSR count). The zero-order chi connectivity index (χ0) is 14.1. The molecule has 2 N–H and O–H groups in total. The van der Waals surface area contributed by atoms with Crippen LogP contribution < -0.4 is 5.73 Å². The van der Waals surface area contributed by atoms with Crippen LogP contribution in [0.2, 0.25) is 0 Å². The zero-order valence-corrected chi connectivity index (χ0v) is 12.3. The SMILES string of the molecule is Cc1c(N)cccc1-c1nc(-c2ccc(Br)cn2)no1. The van der Waals surface area contributed by atoms with Crippen LogP contribution in [0.3, 0.4) is 0 Å². The Hall–Kier alpha value is -2.21. The highest BCUT2D eigenvalue weighted by atomic mass is 79.9. The van der Waals surface area contributed by atoms with Crippen LogP contribution in [0.25, 0.3) is 23.0 Å². The summed E-state index contributed by atoms with van der Waals surface area (Å²) in [5.74, 6) is 0.892. The number of benzene rings is 1. The lowest BCUT2D eigenvalue weighted by atomic mass is 10.1. The van der Waals surface area contributed by atoms with Crippen LogP contribution >= 0.6 is 15.9 Å². The van der Waals surface area contributed by atoms with Crippen LogP contribution in [0.4, 0.5) is 5.69 Å². The van der Waals surface area contributed by atoms with E-state index in [2.05, 4.69) is 31.1 Å². The van der Waals surface area contributed by atoms with Gasteiger partial charge in [-0.15, -0.1) is 0 Å². The van der Waals surface area contributed by atoms with E-state index in [0.717, 1.165) is 15.6 Å². The second-order valence-corrected chi connectivity index (χ2v) is 5.22. The Kier molecular flexibility index (Phi) is 3.23. The smallest absolute Gasteiger partial charge is 0.258 e. The van der Waals surface area contributed by atoms with Gasteiger partial charge in [0.05, 0.1) is 0 Å². The summed E-state index contributed by atoms with van der Waals surface area (Å²) in [6.07, 6.45) is 1.69. The van der Waals surface area contributed by atoms with Crippen LogP contribution in [-0.2, 0) is 0 Å². The molecular formula is C14H11BrN4O. The first-order valence-electron chi connectivity index (χ1n) is 5.96. The first kappa shape index (κ1) is 12.8. The van der Waals surface area contributed by atoms with Crippen molar-refractivity contribution in [1.82, 2.24) is 15.1 Å². The fraction of sp³-hybridized carbons (Fsp3) is 0.0714. The lowest BCUT2D eigenvalue weighted by Gasteiger charge is -2.02. The molecule has 0 bridgehead atoms. The van der Waals surface area contributed by atoms with Crippen molar-refractivity contribution >= 4 is 21.6 Å².